The summed E-state index contributed by atoms with van der Waals surface area (Å²) in [5.74, 6) is -2.53. The van der Waals surface area contributed by atoms with E-state index in [1.54, 1.807) is 81.4 Å². The van der Waals surface area contributed by atoms with Gasteiger partial charge in [0.05, 0.1) is 17.3 Å². The lowest BCUT2D eigenvalue weighted by molar-refractivity contribution is -0.130. The Hall–Kier alpha value is -4.26. The summed E-state index contributed by atoms with van der Waals surface area (Å²) < 4.78 is 5.59. The van der Waals surface area contributed by atoms with Crippen molar-refractivity contribution in [1.29, 1.82) is 0 Å². The molecule has 2 aliphatic heterocycles. The maximum absolute atomic E-state index is 14.5. The molecule has 0 unspecified atom stereocenters. The SMILES string of the molecule is Cc1ccc(N2C(=O)C[C@@H]([C@]3(c4ccccc4)C(=O)N(C(=O)OC(C)(C)C)c4ccccc43)C2=O)cc1. The zero-order chi connectivity index (χ0) is 26.5. The molecule has 2 heterocycles. The lowest BCUT2D eigenvalue weighted by atomic mass is 9.65. The second kappa shape index (κ2) is 8.69. The number of rotatable bonds is 3. The smallest absolute Gasteiger partial charge is 0.421 e. The molecule has 3 aromatic carbocycles. The molecular weight excluding hydrogens is 468 g/mol. The number of aryl methyl sites for hydroxylation is 1. The molecule has 0 aromatic heterocycles. The Morgan fingerprint density at radius 2 is 1.51 bits per heavy atom. The van der Waals surface area contributed by atoms with E-state index in [-0.39, 0.29) is 6.42 Å². The quantitative estimate of drug-likeness (QED) is 0.469. The van der Waals surface area contributed by atoms with Crippen LogP contribution in [-0.2, 0) is 24.5 Å². The number of ether oxygens (including phenoxy) is 1. The van der Waals surface area contributed by atoms with Crippen molar-refractivity contribution in [1.82, 2.24) is 0 Å². The van der Waals surface area contributed by atoms with Gasteiger partial charge in [-0.25, -0.2) is 9.69 Å². The van der Waals surface area contributed by atoms with Gasteiger partial charge < -0.3 is 4.74 Å². The van der Waals surface area contributed by atoms with E-state index in [4.69, 9.17) is 4.74 Å². The molecule has 7 nitrogen and oxygen atoms in total. The van der Waals surface area contributed by atoms with Crippen LogP contribution in [0.2, 0.25) is 0 Å². The number of hydrogen-bond donors (Lipinski definition) is 0. The zero-order valence-electron chi connectivity index (χ0n) is 21.2. The van der Waals surface area contributed by atoms with Crippen molar-refractivity contribution in [2.45, 2.75) is 45.1 Å². The Kier molecular flexibility index (Phi) is 5.74. The van der Waals surface area contributed by atoms with Crippen LogP contribution in [0.5, 0.6) is 0 Å². The van der Waals surface area contributed by atoms with E-state index in [1.807, 2.05) is 25.1 Å². The second-order valence-corrected chi connectivity index (χ2v) is 10.5. The van der Waals surface area contributed by atoms with Crippen molar-refractivity contribution >= 4 is 35.2 Å². The molecule has 37 heavy (non-hydrogen) atoms. The normalized spacial score (nSPS) is 21.4. The number of fused-ring (bicyclic) bond motifs is 1. The number of imide groups is 2. The molecule has 2 aliphatic rings. The topological polar surface area (TPSA) is 84.0 Å². The summed E-state index contributed by atoms with van der Waals surface area (Å²) in [6.45, 7) is 7.09. The summed E-state index contributed by atoms with van der Waals surface area (Å²) in [7, 11) is 0. The number of carbonyl (C=O) groups is 4. The fourth-order valence-corrected chi connectivity index (χ4v) is 5.35. The van der Waals surface area contributed by atoms with Crippen LogP contribution in [0.4, 0.5) is 16.2 Å². The molecule has 0 radical (unpaired) electrons. The first-order valence-electron chi connectivity index (χ1n) is 12.2. The predicted molar refractivity (Wildman–Crippen MR) is 139 cm³/mol. The molecule has 5 rings (SSSR count). The van der Waals surface area contributed by atoms with Crippen LogP contribution in [0.1, 0.15) is 43.9 Å². The molecule has 7 heteroatoms. The number of nitrogens with zero attached hydrogens (tertiary/aromatic N) is 2. The minimum Gasteiger partial charge on any atom is -0.443 e. The molecule has 1 saturated heterocycles. The summed E-state index contributed by atoms with van der Waals surface area (Å²) in [5, 5.41) is 0. The average Bonchev–Trinajstić information content (AvgIpc) is 3.29. The molecule has 0 N–H and O–H groups in total. The molecule has 188 valence electrons. The highest BCUT2D eigenvalue weighted by Gasteiger charge is 2.64. The maximum Gasteiger partial charge on any atom is 0.421 e. The van der Waals surface area contributed by atoms with E-state index in [2.05, 4.69) is 0 Å². The van der Waals surface area contributed by atoms with Crippen molar-refractivity contribution in [3.05, 3.63) is 95.6 Å². The Labute approximate surface area is 215 Å². The Morgan fingerprint density at radius 3 is 2.16 bits per heavy atom. The molecule has 0 saturated carbocycles. The van der Waals surface area contributed by atoms with Crippen molar-refractivity contribution in [3.8, 4) is 0 Å². The van der Waals surface area contributed by atoms with Crippen molar-refractivity contribution in [3.63, 3.8) is 0 Å². The summed E-state index contributed by atoms with van der Waals surface area (Å²) in [6, 6.07) is 22.9. The highest BCUT2D eigenvalue weighted by molar-refractivity contribution is 6.28. The van der Waals surface area contributed by atoms with Crippen LogP contribution in [0.25, 0.3) is 0 Å². The van der Waals surface area contributed by atoms with Crippen LogP contribution in [0, 0.1) is 12.8 Å². The molecule has 4 amide bonds. The molecule has 1 fully saturated rings. The first-order valence-corrected chi connectivity index (χ1v) is 12.2. The van der Waals surface area contributed by atoms with Gasteiger partial charge in [-0.3, -0.25) is 19.3 Å². The number of para-hydroxylation sites is 1. The van der Waals surface area contributed by atoms with Gasteiger partial charge in [-0.05, 0) is 57.0 Å². The van der Waals surface area contributed by atoms with E-state index in [1.165, 1.54) is 0 Å². The summed E-state index contributed by atoms with van der Waals surface area (Å²) >= 11 is 0. The van der Waals surface area contributed by atoms with Crippen LogP contribution in [0.3, 0.4) is 0 Å². The fraction of sp³-hybridized carbons (Fsp3) is 0.267. The number of anilines is 2. The first-order chi connectivity index (χ1) is 17.6. The van der Waals surface area contributed by atoms with Gasteiger partial charge in [-0.15, -0.1) is 0 Å². The van der Waals surface area contributed by atoms with E-state index >= 15 is 0 Å². The third kappa shape index (κ3) is 3.82. The average molecular weight is 497 g/mol. The highest BCUT2D eigenvalue weighted by atomic mass is 16.6. The number of carbonyl (C=O) groups excluding carboxylic acids is 4. The van der Waals surface area contributed by atoms with Gasteiger partial charge in [0.2, 0.25) is 11.8 Å². The van der Waals surface area contributed by atoms with E-state index in [0.29, 0.717) is 22.5 Å². The molecule has 0 bridgehead atoms. The van der Waals surface area contributed by atoms with Crippen LogP contribution in [0.15, 0.2) is 78.9 Å². The van der Waals surface area contributed by atoms with Gasteiger partial charge in [0.1, 0.15) is 11.0 Å². The van der Waals surface area contributed by atoms with Gasteiger partial charge in [0.15, 0.2) is 0 Å². The van der Waals surface area contributed by atoms with Crippen LogP contribution < -0.4 is 9.80 Å². The molecule has 3 aromatic rings. The van der Waals surface area contributed by atoms with Crippen molar-refractivity contribution in [2.75, 3.05) is 9.80 Å². The van der Waals surface area contributed by atoms with Gasteiger partial charge in [0, 0.05) is 6.42 Å². The second-order valence-electron chi connectivity index (χ2n) is 10.5. The first kappa shape index (κ1) is 24.4. The standard InChI is InChI=1S/C30H28N2O5/c1-19-14-16-21(17-15-19)31-25(33)18-23(26(31)34)30(20-10-6-5-7-11-20)22-12-8-9-13-24(22)32(27(30)35)28(36)37-29(2,3)4/h5-17,23H,18H2,1-4H3/t23-,30-/m1/s1. The van der Waals surface area contributed by atoms with Crippen LogP contribution in [-0.4, -0.2) is 29.4 Å². The minimum absolute atomic E-state index is 0.177. The maximum atomic E-state index is 14.5. The Morgan fingerprint density at radius 1 is 0.892 bits per heavy atom. The third-order valence-electron chi connectivity index (χ3n) is 6.88. The summed E-state index contributed by atoms with van der Waals surface area (Å²) in [4.78, 5) is 57.4. The summed E-state index contributed by atoms with van der Waals surface area (Å²) in [5.41, 5.74) is 0.401. The summed E-state index contributed by atoms with van der Waals surface area (Å²) in [6.07, 6.45) is -1.00. The van der Waals surface area contributed by atoms with E-state index in [9.17, 15) is 19.2 Å². The van der Waals surface area contributed by atoms with Crippen molar-refractivity contribution < 1.29 is 23.9 Å². The van der Waals surface area contributed by atoms with Gasteiger partial charge in [0.25, 0.3) is 5.91 Å². The van der Waals surface area contributed by atoms with Crippen molar-refractivity contribution in [2.24, 2.45) is 5.92 Å². The zero-order valence-corrected chi connectivity index (χ0v) is 21.2. The lowest BCUT2D eigenvalue weighted by Crippen LogP contribution is -2.51. The minimum atomic E-state index is -1.58. The molecular formula is C30H28N2O5. The number of amides is 4. The monoisotopic (exact) mass is 496 g/mol. The van der Waals surface area contributed by atoms with E-state index < -0.39 is 40.7 Å². The van der Waals surface area contributed by atoms with Gasteiger partial charge in [-0.2, -0.15) is 0 Å². The Bertz CT molecular complexity index is 1410. The third-order valence-corrected chi connectivity index (χ3v) is 6.88. The molecule has 0 spiro atoms. The Balaban J connectivity index is 1.71. The largest absolute Gasteiger partial charge is 0.443 e. The van der Waals surface area contributed by atoms with Gasteiger partial charge in [-0.1, -0.05) is 66.2 Å². The van der Waals surface area contributed by atoms with E-state index in [0.717, 1.165) is 15.4 Å². The van der Waals surface area contributed by atoms with Gasteiger partial charge >= 0.3 is 6.09 Å². The lowest BCUT2D eigenvalue weighted by Gasteiger charge is -2.33. The predicted octanol–water partition coefficient (Wildman–Crippen LogP) is 5.14. The number of benzene rings is 3. The fourth-order valence-electron chi connectivity index (χ4n) is 5.35. The molecule has 0 aliphatic carbocycles. The molecule has 2 atom stereocenters. The highest BCUT2D eigenvalue weighted by Crippen LogP contribution is 2.54. The van der Waals surface area contributed by atoms with Crippen LogP contribution >= 0.6 is 0 Å². The number of hydrogen-bond acceptors (Lipinski definition) is 5.